The highest BCUT2D eigenvalue weighted by atomic mass is 16.5. The minimum absolute atomic E-state index is 0.0234. The van der Waals surface area contributed by atoms with E-state index in [2.05, 4.69) is 10.6 Å². The van der Waals surface area contributed by atoms with Gasteiger partial charge in [-0.1, -0.05) is 12.1 Å². The summed E-state index contributed by atoms with van der Waals surface area (Å²) in [6, 6.07) is 8.07. The van der Waals surface area contributed by atoms with E-state index in [1.807, 2.05) is 45.0 Å². The lowest BCUT2D eigenvalue weighted by molar-refractivity contribution is -0.120. The summed E-state index contributed by atoms with van der Waals surface area (Å²) < 4.78 is 5.39. The number of amides is 1. The predicted molar refractivity (Wildman–Crippen MR) is 72.7 cm³/mol. The zero-order chi connectivity index (χ0) is 13.4. The zero-order valence-electron chi connectivity index (χ0n) is 11.3. The monoisotopic (exact) mass is 250 g/mol. The Labute approximate surface area is 109 Å². The van der Waals surface area contributed by atoms with Gasteiger partial charge >= 0.3 is 0 Å². The van der Waals surface area contributed by atoms with Gasteiger partial charge in [-0.15, -0.1) is 0 Å². The van der Waals surface area contributed by atoms with Gasteiger partial charge in [0, 0.05) is 12.6 Å². The summed E-state index contributed by atoms with van der Waals surface area (Å²) in [5.41, 5.74) is 1.14. The fourth-order valence-corrected chi connectivity index (χ4v) is 1.64. The Morgan fingerprint density at radius 2 is 1.94 bits per heavy atom. The first-order valence-corrected chi connectivity index (χ1v) is 6.40. The molecule has 0 fully saturated rings. The highest BCUT2D eigenvalue weighted by Gasteiger charge is 2.07. The van der Waals surface area contributed by atoms with E-state index in [4.69, 9.17) is 4.74 Å². The maximum Gasteiger partial charge on any atom is 0.233 e. The van der Waals surface area contributed by atoms with Gasteiger partial charge < -0.3 is 15.4 Å². The Kier molecular flexibility index (Phi) is 6.22. The van der Waals surface area contributed by atoms with Gasteiger partial charge in [0.2, 0.25) is 5.91 Å². The molecule has 0 saturated heterocycles. The fraction of sp³-hybridized carbons (Fsp3) is 0.500. The van der Waals surface area contributed by atoms with Crippen LogP contribution in [-0.4, -0.2) is 25.6 Å². The first-order chi connectivity index (χ1) is 8.67. The summed E-state index contributed by atoms with van der Waals surface area (Å²) >= 11 is 0. The van der Waals surface area contributed by atoms with Gasteiger partial charge in [0.05, 0.1) is 13.2 Å². The number of carbonyl (C=O) groups excluding carboxylic acids is 1. The third-order valence-electron chi connectivity index (χ3n) is 2.63. The molecule has 1 amide bonds. The molecule has 1 aromatic rings. The second kappa shape index (κ2) is 7.71. The van der Waals surface area contributed by atoms with E-state index < -0.39 is 0 Å². The van der Waals surface area contributed by atoms with E-state index in [9.17, 15) is 4.79 Å². The molecule has 0 radical (unpaired) electrons. The van der Waals surface area contributed by atoms with Crippen LogP contribution in [0, 0.1) is 0 Å². The van der Waals surface area contributed by atoms with Crippen molar-refractivity contribution < 1.29 is 9.53 Å². The molecule has 0 aliphatic rings. The number of rotatable bonds is 7. The SMILES string of the molecule is CCNC(=O)CNC(C)c1ccc(OCC)cc1. The topological polar surface area (TPSA) is 50.4 Å². The average molecular weight is 250 g/mol. The van der Waals surface area contributed by atoms with Gasteiger partial charge in [-0.3, -0.25) is 4.79 Å². The quantitative estimate of drug-likeness (QED) is 0.776. The van der Waals surface area contributed by atoms with Crippen LogP contribution in [0.15, 0.2) is 24.3 Å². The molecule has 1 aromatic carbocycles. The summed E-state index contributed by atoms with van der Waals surface area (Å²) in [4.78, 5) is 11.3. The molecule has 0 saturated carbocycles. The number of hydrogen-bond acceptors (Lipinski definition) is 3. The Morgan fingerprint density at radius 1 is 1.28 bits per heavy atom. The molecule has 1 atom stereocenters. The van der Waals surface area contributed by atoms with Gasteiger partial charge in [-0.25, -0.2) is 0 Å². The second-order valence-electron chi connectivity index (χ2n) is 4.06. The smallest absolute Gasteiger partial charge is 0.233 e. The van der Waals surface area contributed by atoms with Gasteiger partial charge in [0.15, 0.2) is 0 Å². The summed E-state index contributed by atoms with van der Waals surface area (Å²) in [6.45, 7) is 7.58. The van der Waals surface area contributed by atoms with E-state index >= 15 is 0 Å². The molecule has 4 heteroatoms. The molecule has 0 aliphatic heterocycles. The fourth-order valence-electron chi connectivity index (χ4n) is 1.64. The van der Waals surface area contributed by atoms with Crippen LogP contribution in [0.1, 0.15) is 32.4 Å². The molecule has 1 unspecified atom stereocenters. The zero-order valence-corrected chi connectivity index (χ0v) is 11.3. The largest absolute Gasteiger partial charge is 0.494 e. The van der Waals surface area contributed by atoms with E-state index in [1.54, 1.807) is 0 Å². The lowest BCUT2D eigenvalue weighted by Crippen LogP contribution is -2.34. The van der Waals surface area contributed by atoms with Crippen molar-refractivity contribution in [2.75, 3.05) is 19.7 Å². The lowest BCUT2D eigenvalue weighted by Gasteiger charge is -2.14. The molecule has 2 N–H and O–H groups in total. The number of carbonyl (C=O) groups is 1. The third-order valence-corrected chi connectivity index (χ3v) is 2.63. The van der Waals surface area contributed by atoms with Crippen molar-refractivity contribution in [1.29, 1.82) is 0 Å². The second-order valence-corrected chi connectivity index (χ2v) is 4.06. The summed E-state index contributed by atoms with van der Waals surface area (Å²) in [6.07, 6.45) is 0. The van der Waals surface area contributed by atoms with E-state index in [0.29, 0.717) is 19.7 Å². The van der Waals surface area contributed by atoms with E-state index in [-0.39, 0.29) is 11.9 Å². The van der Waals surface area contributed by atoms with Gasteiger partial charge in [0.1, 0.15) is 5.75 Å². The molecule has 100 valence electrons. The minimum Gasteiger partial charge on any atom is -0.494 e. The van der Waals surface area contributed by atoms with Crippen LogP contribution in [0.2, 0.25) is 0 Å². The number of ether oxygens (including phenoxy) is 1. The molecule has 0 aromatic heterocycles. The molecule has 0 spiro atoms. The molecule has 0 bridgehead atoms. The van der Waals surface area contributed by atoms with Crippen LogP contribution in [0.3, 0.4) is 0 Å². The summed E-state index contributed by atoms with van der Waals surface area (Å²) in [5, 5.41) is 5.94. The van der Waals surface area contributed by atoms with Crippen molar-refractivity contribution in [3.05, 3.63) is 29.8 Å². The molecule has 1 rings (SSSR count). The van der Waals surface area contributed by atoms with Crippen LogP contribution < -0.4 is 15.4 Å². The van der Waals surface area contributed by atoms with Crippen molar-refractivity contribution in [3.8, 4) is 5.75 Å². The molecule has 0 aliphatic carbocycles. The van der Waals surface area contributed by atoms with Crippen molar-refractivity contribution in [1.82, 2.24) is 10.6 Å². The summed E-state index contributed by atoms with van der Waals surface area (Å²) in [7, 11) is 0. The minimum atomic E-state index is 0.0234. The maximum atomic E-state index is 11.3. The number of benzene rings is 1. The van der Waals surface area contributed by atoms with Crippen LogP contribution >= 0.6 is 0 Å². The average Bonchev–Trinajstić information content (AvgIpc) is 2.37. The van der Waals surface area contributed by atoms with Gasteiger partial charge in [0.25, 0.3) is 0 Å². The first kappa shape index (κ1) is 14.5. The molecule has 18 heavy (non-hydrogen) atoms. The van der Waals surface area contributed by atoms with Crippen LogP contribution in [-0.2, 0) is 4.79 Å². The Bertz CT molecular complexity index is 363. The highest BCUT2D eigenvalue weighted by Crippen LogP contribution is 2.17. The Hall–Kier alpha value is -1.55. The predicted octanol–water partition coefficient (Wildman–Crippen LogP) is 1.87. The van der Waals surface area contributed by atoms with Crippen LogP contribution in [0.5, 0.6) is 5.75 Å². The summed E-state index contributed by atoms with van der Waals surface area (Å²) in [5.74, 6) is 0.896. The van der Waals surface area contributed by atoms with Crippen molar-refractivity contribution >= 4 is 5.91 Å². The van der Waals surface area contributed by atoms with Gasteiger partial charge in [-0.05, 0) is 38.5 Å². The normalized spacial score (nSPS) is 11.9. The standard InChI is InChI=1S/C14H22N2O2/c1-4-15-14(17)10-16-11(3)12-6-8-13(9-7-12)18-5-2/h6-9,11,16H,4-5,10H2,1-3H3,(H,15,17). The van der Waals surface area contributed by atoms with Crippen molar-refractivity contribution in [3.63, 3.8) is 0 Å². The maximum absolute atomic E-state index is 11.3. The van der Waals surface area contributed by atoms with Gasteiger partial charge in [-0.2, -0.15) is 0 Å². The van der Waals surface area contributed by atoms with Crippen LogP contribution in [0.25, 0.3) is 0 Å². The molecule has 0 heterocycles. The number of nitrogens with one attached hydrogen (secondary N) is 2. The number of hydrogen-bond donors (Lipinski definition) is 2. The molecule has 4 nitrogen and oxygen atoms in total. The Balaban J connectivity index is 2.45. The first-order valence-electron chi connectivity index (χ1n) is 6.40. The number of likely N-dealkylation sites (N-methyl/N-ethyl adjacent to an activating group) is 1. The van der Waals surface area contributed by atoms with Crippen molar-refractivity contribution in [2.24, 2.45) is 0 Å². The third kappa shape index (κ3) is 4.75. The highest BCUT2D eigenvalue weighted by molar-refractivity contribution is 5.77. The van der Waals surface area contributed by atoms with Crippen LogP contribution in [0.4, 0.5) is 0 Å². The Morgan fingerprint density at radius 3 is 2.50 bits per heavy atom. The molecular weight excluding hydrogens is 228 g/mol. The van der Waals surface area contributed by atoms with E-state index in [1.165, 1.54) is 0 Å². The lowest BCUT2D eigenvalue weighted by atomic mass is 10.1. The van der Waals surface area contributed by atoms with E-state index in [0.717, 1.165) is 11.3 Å². The molecular formula is C14H22N2O2. The van der Waals surface area contributed by atoms with Crippen molar-refractivity contribution in [2.45, 2.75) is 26.8 Å².